The molecule has 49 nitrogen and oxygen atoms in total. The Morgan fingerprint density at radius 1 is 0.300 bits per heavy atom. The summed E-state index contributed by atoms with van der Waals surface area (Å²) in [4.78, 5) is 0. The van der Waals surface area contributed by atoms with Crippen LogP contribution in [0, 0.1) is 23.7 Å². The van der Waals surface area contributed by atoms with Gasteiger partial charge >= 0.3 is 0 Å². The lowest BCUT2D eigenvalue weighted by Gasteiger charge is -2.46. The van der Waals surface area contributed by atoms with E-state index in [-0.39, 0.29) is 58.2 Å². The second-order valence-electron chi connectivity index (χ2n) is 37.1. The third kappa shape index (κ3) is 24.6. The summed E-state index contributed by atoms with van der Waals surface area (Å²) in [6.07, 6.45) is -36.9. The van der Waals surface area contributed by atoms with Gasteiger partial charge in [-0.15, -0.1) is 0 Å². The highest BCUT2D eigenvalue weighted by molar-refractivity contribution is 5.20. The Morgan fingerprint density at radius 2 is 0.623 bits per heavy atom. The highest BCUT2D eigenvalue weighted by Crippen LogP contribution is 2.43. The Balaban J connectivity index is 0.000000189. The van der Waals surface area contributed by atoms with Crippen LogP contribution in [-0.2, 0) is 80.5 Å². The number of aliphatic hydroxyl groups is 16. The molecule has 754 valence electrons. The van der Waals surface area contributed by atoms with E-state index in [0.717, 1.165) is 5.56 Å². The fourth-order valence-electron chi connectivity index (χ4n) is 19.3. The lowest BCUT2D eigenvalue weighted by Crippen LogP contribution is -2.65. The molecule has 4 aliphatic carbocycles. The average Bonchev–Trinajstić information content (AvgIpc) is 1.75. The van der Waals surface area contributed by atoms with Gasteiger partial charge in [0.25, 0.3) is 0 Å². The molecule has 0 bridgehead atoms. The van der Waals surface area contributed by atoms with Crippen LogP contribution in [0.15, 0.2) is 30.3 Å². The summed E-state index contributed by atoms with van der Waals surface area (Å²) in [5.74, 6) is -2.33. The predicted octanol–water partition coefficient (Wildman–Crippen LogP) is -15.5. The third-order valence-corrected chi connectivity index (χ3v) is 27.9. The molecule has 8 saturated heterocycles. The summed E-state index contributed by atoms with van der Waals surface area (Å²) < 4.78 is 102. The van der Waals surface area contributed by atoms with Crippen molar-refractivity contribution >= 4 is 0 Å². The largest absolute Gasteiger partial charge is 0.395 e. The van der Waals surface area contributed by atoms with E-state index in [2.05, 4.69) is 0 Å². The molecule has 12 fully saturated rings. The zero-order chi connectivity index (χ0) is 95.0. The van der Waals surface area contributed by atoms with Crippen LogP contribution in [0.5, 0.6) is 0 Å². The van der Waals surface area contributed by atoms with Gasteiger partial charge in [-0.2, -0.15) is 0 Å². The normalized spacial score (nSPS) is 49.8. The Morgan fingerprint density at radius 3 is 0.969 bits per heavy atom. The van der Waals surface area contributed by atoms with Crippen LogP contribution < -0.4 is 91.7 Å². The van der Waals surface area contributed by atoms with Crippen molar-refractivity contribution in [1.82, 2.24) is 0 Å². The van der Waals surface area contributed by atoms with Crippen molar-refractivity contribution in [3.8, 4) is 0 Å². The Hall–Kier alpha value is -2.74. The second kappa shape index (κ2) is 48.4. The molecule has 0 radical (unpaired) electrons. The molecule has 13 rings (SSSR count). The van der Waals surface area contributed by atoms with E-state index < -0.39 is 343 Å². The van der Waals surface area contributed by atoms with Crippen LogP contribution in [-0.4, -0.2) is 434 Å². The molecular weight excluding hydrogens is 1720 g/mol. The molecule has 8 heterocycles. The molecule has 49 heteroatoms. The van der Waals surface area contributed by atoms with Crippen LogP contribution in [0.4, 0.5) is 0 Å². The van der Waals surface area contributed by atoms with Crippen molar-refractivity contribution in [2.45, 2.75) is 391 Å². The van der Waals surface area contributed by atoms with E-state index in [9.17, 15) is 81.7 Å². The molecule has 48 N–H and O–H groups in total. The number of rotatable bonds is 30. The number of aliphatic hydroxyl groups excluding tert-OH is 16. The Labute approximate surface area is 754 Å². The van der Waals surface area contributed by atoms with Crippen LogP contribution in [0.1, 0.15) is 96.6 Å². The topological polar surface area (TPSA) is 897 Å². The minimum Gasteiger partial charge on any atom is -0.395 e. The first-order valence-corrected chi connectivity index (χ1v) is 45.4. The fourth-order valence-corrected chi connectivity index (χ4v) is 19.3. The van der Waals surface area contributed by atoms with Crippen LogP contribution >= 0.6 is 0 Å². The summed E-state index contributed by atoms with van der Waals surface area (Å²) in [5.41, 5.74) is 99.1. The number of hydrogen-bond donors (Lipinski definition) is 32. The number of benzene rings is 1. The third-order valence-electron chi connectivity index (χ3n) is 27.9. The molecule has 8 aliphatic heterocycles. The molecular formula is C81H152N16O33. The van der Waals surface area contributed by atoms with E-state index in [1.165, 1.54) is 0 Å². The summed E-state index contributed by atoms with van der Waals surface area (Å²) in [7, 11) is 0. The molecule has 0 amide bonds. The lowest BCUT2D eigenvalue weighted by molar-refractivity contribution is -0.297. The van der Waals surface area contributed by atoms with Crippen LogP contribution in [0.25, 0.3) is 0 Å². The number of nitrogens with two attached hydrogens (primary N) is 16. The quantitative estimate of drug-likeness (QED) is 0.0340. The molecule has 54 unspecified atom stereocenters. The predicted molar refractivity (Wildman–Crippen MR) is 452 cm³/mol. The van der Waals surface area contributed by atoms with Gasteiger partial charge in [-0.3, -0.25) is 0 Å². The summed E-state index contributed by atoms with van der Waals surface area (Å²) in [6.45, 7) is 3.16. The van der Waals surface area contributed by atoms with Crippen molar-refractivity contribution in [1.29, 1.82) is 0 Å². The second-order valence-corrected chi connectivity index (χ2v) is 37.1. The van der Waals surface area contributed by atoms with Gasteiger partial charge in [-0.1, -0.05) is 51.1 Å². The molecule has 0 spiro atoms. The minimum atomic E-state index is -1.50. The van der Waals surface area contributed by atoms with Gasteiger partial charge in [0.15, 0.2) is 50.3 Å². The van der Waals surface area contributed by atoms with Gasteiger partial charge in [0, 0.05) is 85.6 Å². The maximum atomic E-state index is 11.3. The van der Waals surface area contributed by atoms with Crippen molar-refractivity contribution in [3.05, 3.63) is 35.9 Å². The van der Waals surface area contributed by atoms with Gasteiger partial charge in [0.1, 0.15) is 116 Å². The first-order valence-electron chi connectivity index (χ1n) is 45.4. The van der Waals surface area contributed by atoms with Gasteiger partial charge in [-0.25, -0.2) is 0 Å². The van der Waals surface area contributed by atoms with Crippen LogP contribution in [0.2, 0.25) is 0 Å². The first-order chi connectivity index (χ1) is 61.8. The Bertz CT molecular complexity index is 3350. The van der Waals surface area contributed by atoms with Gasteiger partial charge < -0.3 is 254 Å². The van der Waals surface area contributed by atoms with Crippen molar-refractivity contribution in [2.75, 3.05) is 52.6 Å². The maximum Gasteiger partial charge on any atom is 0.187 e. The molecule has 4 saturated carbocycles. The smallest absolute Gasteiger partial charge is 0.187 e. The average molecular weight is 1880 g/mol. The Kier molecular flexibility index (Phi) is 40.1. The minimum absolute atomic E-state index is 0.0849. The lowest BCUT2D eigenvalue weighted by atomic mass is 9.76. The van der Waals surface area contributed by atoms with E-state index in [1.54, 1.807) is 20.8 Å². The van der Waals surface area contributed by atoms with Crippen molar-refractivity contribution < 1.29 is 162 Å². The maximum absolute atomic E-state index is 11.3. The zero-order valence-corrected chi connectivity index (χ0v) is 73.6. The van der Waals surface area contributed by atoms with E-state index in [0.29, 0.717) is 44.9 Å². The summed E-state index contributed by atoms with van der Waals surface area (Å²) >= 11 is 0. The highest BCUT2D eigenvalue weighted by atomic mass is 16.8. The van der Waals surface area contributed by atoms with Gasteiger partial charge in [0.2, 0.25) is 0 Å². The van der Waals surface area contributed by atoms with E-state index in [1.807, 2.05) is 30.3 Å². The molecule has 12 aliphatic rings. The zero-order valence-electron chi connectivity index (χ0n) is 73.6. The molecule has 54 atom stereocenters. The molecule has 0 aromatic heterocycles. The number of ether oxygens (including phenoxy) is 17. The molecule has 130 heavy (non-hydrogen) atoms. The molecule has 1 aromatic rings. The highest BCUT2D eigenvalue weighted by Gasteiger charge is 2.59. The standard InChI is InChI=1S/C30H51N5O11.C26H52N6O10.C25H49N5O12/c1-12-21(37)23(39)18(10-31)42-28(12)45-26-19(11-36)43-30(24(26)40)46-27-22(38)15(33)9-16(34)25(27)44-29-14(32)7-8-17(41-29)20(35)13-5-3-2-4-6-13;1-9-16(4-10(6-27)19(35)18(9)34)38-23-17(8-33)40-26(21(23)37)42-24-20(36)12(30)5-13(31)22(24)41-25-11(29)2-3-15(39-25)14(32)7-28;1-8-16(33)18(35)14(5-26)38-23(8)41-21-15(7-32)39-25(19(21)36)42-22-17(34)10(28)4-11(29)20(22)40-24-9(27)2-3-13(37-24)12(30)6-31/h2-6,12,14-30,36-40H,7-11,31-35H2,1H3;9-26,33-37H,2-8,27-32H2,1H3;8-25,31-36H,2-7,26-30H2,1H3. The monoisotopic (exact) mass is 1880 g/mol. The van der Waals surface area contributed by atoms with Crippen molar-refractivity contribution in [3.63, 3.8) is 0 Å². The molecule has 1 aromatic carbocycles. The first kappa shape index (κ1) is 108. The number of hydrogen-bond acceptors (Lipinski definition) is 49. The fraction of sp³-hybridized carbons (Fsp3) is 0.926. The summed E-state index contributed by atoms with van der Waals surface area (Å²) in [6, 6.07) is 2.02. The van der Waals surface area contributed by atoms with Gasteiger partial charge in [-0.05, 0) is 76.3 Å². The van der Waals surface area contributed by atoms with E-state index >= 15 is 0 Å². The van der Waals surface area contributed by atoms with E-state index in [4.69, 9.17) is 172 Å². The van der Waals surface area contributed by atoms with Gasteiger partial charge in [0.05, 0.1) is 124 Å². The SMILES string of the molecule is CC1C(OC2C(CO)OC(OC3C(O)C(N)CC(N)C3OC3OC(C(N)CN)CCC3N)C2O)CC(CN)C(O)C1O.CC1C(OC2C(CO)OC(OC3C(O)C(N)CC(N)C3OC3OC(C(N)CO)CCC3N)C2O)OC(CN)C(O)C1O.CC1C(OC2C(CO)OC(OC3C(O)C(N)CC(N)C3OC3OC(C(N)c4ccccc4)CCC3N)C2O)OC(CN)C(O)C1O. The van der Waals surface area contributed by atoms with Crippen molar-refractivity contribution in [2.24, 2.45) is 115 Å². The van der Waals surface area contributed by atoms with Crippen LogP contribution in [0.3, 0.4) is 0 Å². The summed E-state index contributed by atoms with van der Waals surface area (Å²) in [5, 5.41) is 169.